The van der Waals surface area contributed by atoms with Crippen LogP contribution in [0.1, 0.15) is 32.1 Å². The lowest BCUT2D eigenvalue weighted by molar-refractivity contribution is -0.117. The van der Waals surface area contributed by atoms with Gasteiger partial charge in [0.25, 0.3) is 0 Å². The molecule has 3 aromatic rings. The number of anilines is 1. The normalized spacial score (nSPS) is 24.9. The maximum atomic E-state index is 12.4. The van der Waals surface area contributed by atoms with E-state index in [1.165, 1.54) is 37.0 Å². The Kier molecular flexibility index (Phi) is 3.63. The van der Waals surface area contributed by atoms with Crippen LogP contribution in [0.4, 0.5) is 5.13 Å². The largest absolute Gasteiger partial charge is 0.360 e. The van der Waals surface area contributed by atoms with Crippen LogP contribution in [-0.2, 0) is 4.79 Å². The van der Waals surface area contributed by atoms with Gasteiger partial charge in [-0.1, -0.05) is 24.6 Å². The highest BCUT2D eigenvalue weighted by Gasteiger charge is 2.40. The summed E-state index contributed by atoms with van der Waals surface area (Å²) in [4.78, 5) is 20.3. The lowest BCUT2D eigenvalue weighted by Crippen LogP contribution is -2.20. The van der Waals surface area contributed by atoms with E-state index in [9.17, 15) is 4.79 Å². The van der Waals surface area contributed by atoms with Crippen LogP contribution in [0, 0.1) is 17.8 Å². The first kappa shape index (κ1) is 15.1. The number of nitrogens with one attached hydrogen (secondary N) is 2. The van der Waals surface area contributed by atoms with Gasteiger partial charge in [-0.3, -0.25) is 4.79 Å². The van der Waals surface area contributed by atoms with E-state index < -0.39 is 0 Å². The van der Waals surface area contributed by atoms with Crippen molar-refractivity contribution in [3.05, 3.63) is 35.8 Å². The van der Waals surface area contributed by atoms with Gasteiger partial charge in [0.15, 0.2) is 5.13 Å². The van der Waals surface area contributed by atoms with Crippen LogP contribution >= 0.6 is 11.3 Å². The van der Waals surface area contributed by atoms with Crippen LogP contribution in [0.2, 0.25) is 0 Å². The Morgan fingerprint density at radius 1 is 1.28 bits per heavy atom. The van der Waals surface area contributed by atoms with Crippen molar-refractivity contribution in [3.63, 3.8) is 0 Å². The van der Waals surface area contributed by atoms with Crippen molar-refractivity contribution in [2.45, 2.75) is 32.1 Å². The monoisotopic (exact) mass is 351 g/mol. The Morgan fingerprint density at radius 3 is 3.04 bits per heavy atom. The molecule has 0 unspecified atom stereocenters. The number of rotatable bonds is 4. The highest BCUT2D eigenvalue weighted by Crippen LogP contribution is 2.49. The van der Waals surface area contributed by atoms with Crippen molar-refractivity contribution < 1.29 is 4.79 Å². The van der Waals surface area contributed by atoms with E-state index in [2.05, 4.69) is 27.4 Å². The SMILES string of the molecule is O=C(C[C@H]1C[C@H]2CC[C@@H]1C2)Nc1nc(-c2c[nH]c3ccccc23)cs1. The molecule has 1 amide bonds. The van der Waals surface area contributed by atoms with Crippen LogP contribution in [0.3, 0.4) is 0 Å². The molecule has 0 spiro atoms. The topological polar surface area (TPSA) is 57.8 Å². The molecule has 2 aromatic heterocycles. The number of fused-ring (bicyclic) bond motifs is 3. The summed E-state index contributed by atoms with van der Waals surface area (Å²) in [6.45, 7) is 0. The summed E-state index contributed by atoms with van der Waals surface area (Å²) in [7, 11) is 0. The number of carbonyl (C=O) groups excluding carboxylic acids is 1. The maximum Gasteiger partial charge on any atom is 0.226 e. The summed E-state index contributed by atoms with van der Waals surface area (Å²) in [6, 6.07) is 8.20. The Hall–Kier alpha value is -2.14. The first-order chi connectivity index (χ1) is 12.3. The lowest BCUT2D eigenvalue weighted by atomic mass is 9.86. The maximum absolute atomic E-state index is 12.4. The van der Waals surface area contributed by atoms with Crippen molar-refractivity contribution in [2.75, 3.05) is 5.32 Å². The second kappa shape index (κ2) is 5.99. The van der Waals surface area contributed by atoms with Gasteiger partial charge in [-0.05, 0) is 43.1 Å². The third-order valence-electron chi connectivity index (χ3n) is 5.95. The van der Waals surface area contributed by atoms with Gasteiger partial charge in [0.05, 0.1) is 5.69 Å². The van der Waals surface area contributed by atoms with Gasteiger partial charge in [-0.2, -0.15) is 0 Å². The zero-order valence-corrected chi connectivity index (χ0v) is 14.8. The highest BCUT2D eigenvalue weighted by atomic mass is 32.1. The average Bonchev–Trinajstić information content (AvgIpc) is 3.38. The van der Waals surface area contributed by atoms with Crippen LogP contribution in [0.15, 0.2) is 35.8 Å². The van der Waals surface area contributed by atoms with Crippen LogP contribution in [0.5, 0.6) is 0 Å². The molecule has 2 fully saturated rings. The summed E-state index contributed by atoms with van der Waals surface area (Å²) in [5.41, 5.74) is 3.10. The number of hydrogen-bond acceptors (Lipinski definition) is 3. The Balaban J connectivity index is 1.29. The smallest absolute Gasteiger partial charge is 0.226 e. The molecule has 2 aliphatic carbocycles. The van der Waals surface area contributed by atoms with Crippen molar-refractivity contribution in [3.8, 4) is 11.3 Å². The number of thiazole rings is 1. The van der Waals surface area contributed by atoms with Crippen LogP contribution in [0.25, 0.3) is 22.2 Å². The molecule has 128 valence electrons. The second-order valence-corrected chi connectivity index (χ2v) is 8.33. The van der Waals surface area contributed by atoms with Crippen LogP contribution < -0.4 is 5.32 Å². The molecule has 5 rings (SSSR count). The Labute approximate surface area is 150 Å². The fraction of sp³-hybridized carbons (Fsp3) is 0.400. The van der Waals surface area contributed by atoms with Crippen molar-refractivity contribution in [1.29, 1.82) is 0 Å². The average molecular weight is 351 g/mol. The van der Waals surface area contributed by atoms with E-state index in [0.29, 0.717) is 17.5 Å². The van der Waals surface area contributed by atoms with E-state index in [1.54, 1.807) is 0 Å². The fourth-order valence-electron chi connectivity index (χ4n) is 4.77. The molecule has 5 heteroatoms. The third kappa shape index (κ3) is 2.76. The number of para-hydroxylation sites is 1. The van der Waals surface area contributed by atoms with Crippen molar-refractivity contribution in [2.24, 2.45) is 17.8 Å². The summed E-state index contributed by atoms with van der Waals surface area (Å²) in [5.74, 6) is 2.38. The number of aromatic nitrogens is 2. The number of amides is 1. The standard InChI is InChI=1S/C20H21N3OS/c24-19(9-14-8-12-5-6-13(14)7-12)23-20-22-18(11-25-20)16-10-21-17-4-2-1-3-15(16)17/h1-4,10-14,21H,5-9H2,(H,22,23,24)/t12-,13+,14+/m0/s1. The molecule has 0 radical (unpaired) electrons. The van der Waals surface area contributed by atoms with E-state index in [4.69, 9.17) is 0 Å². The molecule has 2 heterocycles. The van der Waals surface area contributed by atoms with Gasteiger partial charge >= 0.3 is 0 Å². The zero-order chi connectivity index (χ0) is 16.8. The second-order valence-electron chi connectivity index (χ2n) is 7.47. The molecule has 2 N–H and O–H groups in total. The third-order valence-corrected chi connectivity index (χ3v) is 6.71. The summed E-state index contributed by atoms with van der Waals surface area (Å²) < 4.78 is 0. The quantitative estimate of drug-likeness (QED) is 0.690. The number of carbonyl (C=O) groups is 1. The Morgan fingerprint density at radius 2 is 2.20 bits per heavy atom. The predicted octanol–water partition coefficient (Wildman–Crippen LogP) is 5.06. The van der Waals surface area contributed by atoms with E-state index in [-0.39, 0.29) is 5.91 Å². The first-order valence-corrected chi connectivity index (χ1v) is 9.96. The molecule has 25 heavy (non-hydrogen) atoms. The van der Waals surface area contributed by atoms with Crippen molar-refractivity contribution >= 4 is 33.3 Å². The van der Waals surface area contributed by atoms with Gasteiger partial charge in [0.2, 0.25) is 5.91 Å². The minimum atomic E-state index is 0.123. The summed E-state index contributed by atoms with van der Waals surface area (Å²) >= 11 is 1.50. The summed E-state index contributed by atoms with van der Waals surface area (Å²) in [6.07, 6.45) is 7.94. The number of hydrogen-bond donors (Lipinski definition) is 2. The van der Waals surface area contributed by atoms with Crippen LogP contribution in [-0.4, -0.2) is 15.9 Å². The molecule has 4 nitrogen and oxygen atoms in total. The minimum Gasteiger partial charge on any atom is -0.360 e. The molecule has 2 saturated carbocycles. The van der Waals surface area contributed by atoms with E-state index in [0.717, 1.165) is 34.0 Å². The van der Waals surface area contributed by atoms with E-state index in [1.807, 2.05) is 23.7 Å². The number of nitrogens with zero attached hydrogens (tertiary/aromatic N) is 1. The molecule has 2 bridgehead atoms. The highest BCUT2D eigenvalue weighted by molar-refractivity contribution is 7.14. The van der Waals surface area contributed by atoms with Gasteiger partial charge in [0, 0.05) is 34.5 Å². The lowest BCUT2D eigenvalue weighted by Gasteiger charge is -2.20. The van der Waals surface area contributed by atoms with E-state index >= 15 is 0 Å². The zero-order valence-electron chi connectivity index (χ0n) is 14.0. The van der Waals surface area contributed by atoms with Gasteiger partial charge in [-0.25, -0.2) is 4.98 Å². The molecule has 0 saturated heterocycles. The summed E-state index contributed by atoms with van der Waals surface area (Å²) in [5, 5.41) is 6.90. The molecular weight excluding hydrogens is 330 g/mol. The first-order valence-electron chi connectivity index (χ1n) is 9.08. The molecular formula is C20H21N3OS. The van der Waals surface area contributed by atoms with Crippen molar-refractivity contribution in [1.82, 2.24) is 9.97 Å². The Bertz CT molecular complexity index is 928. The fourth-order valence-corrected chi connectivity index (χ4v) is 5.50. The molecule has 1 aromatic carbocycles. The molecule has 3 atom stereocenters. The van der Waals surface area contributed by atoms with Gasteiger partial charge in [0.1, 0.15) is 0 Å². The predicted molar refractivity (Wildman–Crippen MR) is 102 cm³/mol. The van der Waals surface area contributed by atoms with Gasteiger partial charge < -0.3 is 10.3 Å². The molecule has 0 aliphatic heterocycles. The number of aromatic amines is 1. The minimum absolute atomic E-state index is 0.123. The number of benzene rings is 1. The number of H-pyrrole nitrogens is 1. The molecule has 2 aliphatic rings. The van der Waals surface area contributed by atoms with Gasteiger partial charge in [-0.15, -0.1) is 11.3 Å².